The van der Waals surface area contributed by atoms with Gasteiger partial charge in [-0.1, -0.05) is 6.07 Å². The summed E-state index contributed by atoms with van der Waals surface area (Å²) in [5.41, 5.74) is 1.60. The second-order valence-corrected chi connectivity index (χ2v) is 3.21. The van der Waals surface area contributed by atoms with E-state index in [1.54, 1.807) is 12.1 Å². The Hall–Kier alpha value is -1.35. The van der Waals surface area contributed by atoms with Crippen LogP contribution >= 0.6 is 0 Å². The van der Waals surface area contributed by atoms with Gasteiger partial charge in [0.25, 0.3) is 0 Å². The van der Waals surface area contributed by atoms with Crippen molar-refractivity contribution in [3.8, 4) is 0 Å². The van der Waals surface area contributed by atoms with Gasteiger partial charge in [0.15, 0.2) is 0 Å². The molecule has 0 radical (unpaired) electrons. The summed E-state index contributed by atoms with van der Waals surface area (Å²) in [5, 5.41) is 9.68. The molecule has 1 heterocycles. The second kappa shape index (κ2) is 3.42. The lowest BCUT2D eigenvalue weighted by molar-refractivity contribution is 0.272. The van der Waals surface area contributed by atoms with Gasteiger partial charge in [-0.2, -0.15) is 0 Å². The SMILES string of the molecule is CCn1c(CO)cc2c(F)cccc21. The van der Waals surface area contributed by atoms with Crippen LogP contribution in [0.25, 0.3) is 10.9 Å². The van der Waals surface area contributed by atoms with Crippen LogP contribution in [0.3, 0.4) is 0 Å². The number of hydrogen-bond donors (Lipinski definition) is 1. The molecule has 14 heavy (non-hydrogen) atoms. The van der Waals surface area contributed by atoms with Crippen LogP contribution in [0.5, 0.6) is 0 Å². The molecule has 0 fully saturated rings. The molecule has 1 aromatic heterocycles. The molecular weight excluding hydrogens is 181 g/mol. The summed E-state index contributed by atoms with van der Waals surface area (Å²) in [6.45, 7) is 2.66. The lowest BCUT2D eigenvalue weighted by atomic mass is 10.2. The molecule has 0 spiro atoms. The number of fused-ring (bicyclic) bond motifs is 1. The van der Waals surface area contributed by atoms with Crippen molar-refractivity contribution in [3.05, 3.63) is 35.8 Å². The van der Waals surface area contributed by atoms with E-state index in [-0.39, 0.29) is 12.4 Å². The van der Waals surface area contributed by atoms with Crippen molar-refractivity contribution in [2.75, 3.05) is 0 Å². The van der Waals surface area contributed by atoms with Crippen LogP contribution < -0.4 is 0 Å². The number of aromatic nitrogens is 1. The lowest BCUT2D eigenvalue weighted by Gasteiger charge is -2.04. The Morgan fingerprint density at radius 2 is 2.21 bits per heavy atom. The van der Waals surface area contributed by atoms with Crippen molar-refractivity contribution in [3.63, 3.8) is 0 Å². The van der Waals surface area contributed by atoms with Crippen LogP contribution in [-0.4, -0.2) is 9.67 Å². The highest BCUT2D eigenvalue weighted by atomic mass is 19.1. The van der Waals surface area contributed by atoms with Crippen LogP contribution in [0, 0.1) is 5.82 Å². The molecule has 0 bridgehead atoms. The number of aliphatic hydroxyl groups excluding tert-OH is 1. The Morgan fingerprint density at radius 1 is 1.43 bits per heavy atom. The average Bonchev–Trinajstić information content (AvgIpc) is 2.57. The predicted molar refractivity (Wildman–Crippen MR) is 53.5 cm³/mol. The first kappa shape index (κ1) is 9.21. The molecule has 0 atom stereocenters. The third-order valence-electron chi connectivity index (χ3n) is 2.46. The van der Waals surface area contributed by atoms with Gasteiger partial charge < -0.3 is 9.67 Å². The zero-order valence-corrected chi connectivity index (χ0v) is 8.00. The number of nitrogens with zero attached hydrogens (tertiary/aromatic N) is 1. The van der Waals surface area contributed by atoms with Crippen LogP contribution in [0.1, 0.15) is 12.6 Å². The van der Waals surface area contributed by atoms with Gasteiger partial charge in [0, 0.05) is 17.6 Å². The topological polar surface area (TPSA) is 25.2 Å². The molecule has 3 heteroatoms. The monoisotopic (exact) mass is 193 g/mol. The van der Waals surface area contributed by atoms with E-state index in [0.29, 0.717) is 5.39 Å². The van der Waals surface area contributed by atoms with Crippen molar-refractivity contribution >= 4 is 10.9 Å². The molecule has 0 aliphatic rings. The Morgan fingerprint density at radius 3 is 2.86 bits per heavy atom. The van der Waals surface area contributed by atoms with Gasteiger partial charge in [0.1, 0.15) is 5.82 Å². The van der Waals surface area contributed by atoms with E-state index in [1.807, 2.05) is 17.6 Å². The number of hydrogen-bond acceptors (Lipinski definition) is 1. The maximum absolute atomic E-state index is 13.4. The highest BCUT2D eigenvalue weighted by molar-refractivity contribution is 5.81. The van der Waals surface area contributed by atoms with Crippen molar-refractivity contribution in [2.24, 2.45) is 0 Å². The Kier molecular flexibility index (Phi) is 2.25. The van der Waals surface area contributed by atoms with Crippen molar-refractivity contribution in [2.45, 2.75) is 20.1 Å². The molecule has 2 nitrogen and oxygen atoms in total. The molecular formula is C11H12FNO. The number of aliphatic hydroxyl groups is 1. The van der Waals surface area contributed by atoms with Gasteiger partial charge in [-0.25, -0.2) is 4.39 Å². The van der Waals surface area contributed by atoms with Crippen molar-refractivity contribution in [1.29, 1.82) is 0 Å². The first-order chi connectivity index (χ1) is 6.77. The molecule has 1 aromatic carbocycles. The number of aryl methyl sites for hydroxylation is 1. The molecule has 0 aliphatic heterocycles. The zero-order chi connectivity index (χ0) is 10.1. The minimum absolute atomic E-state index is 0.0536. The Bertz CT molecular complexity index is 462. The van der Waals surface area contributed by atoms with Crippen LogP contribution in [-0.2, 0) is 13.2 Å². The fourth-order valence-electron chi connectivity index (χ4n) is 1.81. The minimum Gasteiger partial charge on any atom is -0.390 e. The summed E-state index contributed by atoms with van der Waals surface area (Å²) < 4.78 is 15.3. The van der Waals surface area contributed by atoms with Crippen molar-refractivity contribution < 1.29 is 9.50 Å². The third kappa shape index (κ3) is 1.21. The van der Waals surface area contributed by atoms with Gasteiger partial charge in [0.05, 0.1) is 12.1 Å². The highest BCUT2D eigenvalue weighted by Crippen LogP contribution is 2.22. The number of halogens is 1. The molecule has 1 N–H and O–H groups in total. The maximum atomic E-state index is 13.4. The zero-order valence-electron chi connectivity index (χ0n) is 8.00. The fourth-order valence-corrected chi connectivity index (χ4v) is 1.81. The van der Waals surface area contributed by atoms with E-state index in [1.165, 1.54) is 6.07 Å². The molecule has 2 rings (SSSR count). The minimum atomic E-state index is -0.232. The predicted octanol–water partition coefficient (Wildman–Crippen LogP) is 2.29. The van der Waals surface area contributed by atoms with Gasteiger partial charge in [-0.05, 0) is 25.1 Å². The third-order valence-corrected chi connectivity index (χ3v) is 2.46. The molecule has 0 unspecified atom stereocenters. The molecule has 0 saturated heterocycles. The maximum Gasteiger partial charge on any atom is 0.132 e. The smallest absolute Gasteiger partial charge is 0.132 e. The van der Waals surface area contributed by atoms with Crippen molar-refractivity contribution in [1.82, 2.24) is 4.57 Å². The van der Waals surface area contributed by atoms with Gasteiger partial charge >= 0.3 is 0 Å². The average molecular weight is 193 g/mol. The van der Waals surface area contributed by atoms with E-state index < -0.39 is 0 Å². The lowest BCUT2D eigenvalue weighted by Crippen LogP contribution is -1.99. The summed E-state index contributed by atoms with van der Waals surface area (Å²) >= 11 is 0. The molecule has 0 amide bonds. The number of rotatable bonds is 2. The fraction of sp³-hybridized carbons (Fsp3) is 0.273. The van der Waals surface area contributed by atoms with E-state index in [9.17, 15) is 4.39 Å². The molecule has 2 aromatic rings. The Labute approximate surface area is 81.6 Å². The molecule has 74 valence electrons. The molecule has 0 aliphatic carbocycles. The first-order valence-corrected chi connectivity index (χ1v) is 4.65. The number of benzene rings is 1. The summed E-state index contributed by atoms with van der Waals surface area (Å²) in [7, 11) is 0. The highest BCUT2D eigenvalue weighted by Gasteiger charge is 2.09. The summed E-state index contributed by atoms with van der Waals surface area (Å²) in [4.78, 5) is 0. The first-order valence-electron chi connectivity index (χ1n) is 4.65. The van der Waals surface area contributed by atoms with Crippen LogP contribution in [0.15, 0.2) is 24.3 Å². The van der Waals surface area contributed by atoms with E-state index >= 15 is 0 Å². The quantitative estimate of drug-likeness (QED) is 0.777. The Balaban J connectivity index is 2.79. The van der Waals surface area contributed by atoms with Gasteiger partial charge in [-0.15, -0.1) is 0 Å². The molecule has 0 saturated carbocycles. The van der Waals surface area contributed by atoms with E-state index in [2.05, 4.69) is 0 Å². The second-order valence-electron chi connectivity index (χ2n) is 3.21. The van der Waals surface area contributed by atoms with Gasteiger partial charge in [-0.3, -0.25) is 0 Å². The van der Waals surface area contributed by atoms with Gasteiger partial charge in [0.2, 0.25) is 0 Å². The standard InChI is InChI=1S/C11H12FNO/c1-2-13-8(7-14)6-9-10(12)4-3-5-11(9)13/h3-6,14H,2,7H2,1H3. The largest absolute Gasteiger partial charge is 0.390 e. The summed E-state index contributed by atoms with van der Waals surface area (Å²) in [6, 6.07) is 6.68. The normalized spacial score (nSPS) is 11.1. The summed E-state index contributed by atoms with van der Waals surface area (Å²) in [6.07, 6.45) is 0. The van der Waals surface area contributed by atoms with E-state index in [4.69, 9.17) is 5.11 Å². The van der Waals surface area contributed by atoms with E-state index in [0.717, 1.165) is 17.8 Å². The van der Waals surface area contributed by atoms with Crippen LogP contribution in [0.2, 0.25) is 0 Å². The van der Waals surface area contributed by atoms with Crippen LogP contribution in [0.4, 0.5) is 4.39 Å². The summed E-state index contributed by atoms with van der Waals surface area (Å²) in [5.74, 6) is -0.232.